The zero-order valence-electron chi connectivity index (χ0n) is 31.9. The van der Waals surface area contributed by atoms with Crippen LogP contribution in [0, 0.1) is 0 Å². The average Bonchev–Trinajstić information content (AvgIpc) is 3.22. The smallest absolute Gasteiger partial charge is 0.412 e. The predicted molar refractivity (Wildman–Crippen MR) is 222 cm³/mol. The Labute approximate surface area is 336 Å². The number of nitrogens with one attached hydrogen (secondary N) is 3. The van der Waals surface area contributed by atoms with E-state index in [0.717, 1.165) is 74.1 Å². The Morgan fingerprint density at radius 3 is 2.46 bits per heavy atom. The maximum absolute atomic E-state index is 13.3. The highest BCUT2D eigenvalue weighted by atomic mass is 35.5. The van der Waals surface area contributed by atoms with Gasteiger partial charge in [0.25, 0.3) is 5.91 Å². The van der Waals surface area contributed by atoms with Gasteiger partial charge in [-0.25, -0.2) is 4.79 Å². The van der Waals surface area contributed by atoms with Crippen molar-refractivity contribution in [3.05, 3.63) is 123 Å². The fourth-order valence-corrected chi connectivity index (χ4v) is 8.61. The number of hydrogen-bond donors (Lipinski definition) is 6. The zero-order chi connectivity index (χ0) is 40.1. The number of aromatic nitrogens is 1. The summed E-state index contributed by atoms with van der Waals surface area (Å²) in [5.41, 5.74) is 4.67. The minimum Gasteiger partial charge on any atom is -0.506 e. The molecule has 0 unspecified atom stereocenters. The number of benzene rings is 4. The summed E-state index contributed by atoms with van der Waals surface area (Å²) in [5.74, 6) is 0.0525. The third kappa shape index (κ3) is 8.64. The number of hydrogen-bond acceptors (Lipinski definition) is 8. The number of carboxylic acid groups (broad SMARTS) is 1. The highest BCUT2D eigenvalue weighted by molar-refractivity contribution is 6.34. The van der Waals surface area contributed by atoms with E-state index in [2.05, 4.69) is 26.6 Å². The first-order valence-electron chi connectivity index (χ1n) is 19.4. The number of amides is 2. The number of piperidine rings is 3. The van der Waals surface area contributed by atoms with Crippen molar-refractivity contribution in [2.45, 2.75) is 56.7 Å². The lowest BCUT2D eigenvalue weighted by molar-refractivity contribution is 0.0783. The summed E-state index contributed by atoms with van der Waals surface area (Å²) < 4.78 is 5.59. The summed E-state index contributed by atoms with van der Waals surface area (Å²) in [6.07, 6.45) is 2.81. The summed E-state index contributed by atoms with van der Waals surface area (Å²) >= 11 is 6.61. The fraction of sp³-hybridized carbons (Fsp3) is 0.341. The summed E-state index contributed by atoms with van der Waals surface area (Å²) in [6, 6.07) is 25.3. The zero-order valence-corrected chi connectivity index (χ0v) is 32.6. The van der Waals surface area contributed by atoms with Crippen LogP contribution in [0.2, 0.25) is 5.02 Å². The van der Waals surface area contributed by atoms with E-state index in [9.17, 15) is 29.7 Å². The molecule has 12 nitrogen and oxygen atoms in total. The molecule has 3 aliphatic rings. The number of ether oxygens (including phenoxy) is 1. The molecule has 1 aromatic heterocycles. The number of aromatic amines is 1. The van der Waals surface area contributed by atoms with Crippen LogP contribution in [0.5, 0.6) is 11.5 Å². The number of pyridine rings is 1. The number of methoxy groups -OCH3 is 1. The van der Waals surface area contributed by atoms with E-state index >= 15 is 0 Å². The van der Waals surface area contributed by atoms with Gasteiger partial charge in [-0.1, -0.05) is 60.1 Å². The van der Waals surface area contributed by atoms with Gasteiger partial charge in [-0.2, -0.15) is 0 Å². The molecule has 0 radical (unpaired) electrons. The summed E-state index contributed by atoms with van der Waals surface area (Å²) in [4.78, 5) is 44.7. The molecule has 2 bridgehead atoms. The molecule has 4 aromatic carbocycles. The molecule has 2 amide bonds. The number of aromatic hydroxyl groups is 1. The molecule has 6 N–H and O–H groups in total. The van der Waals surface area contributed by atoms with Gasteiger partial charge >= 0.3 is 6.09 Å². The number of phenolic OH excluding ortho intramolecular Hbond substituents is 1. The Kier molecular flexibility index (Phi) is 12.2. The van der Waals surface area contributed by atoms with Gasteiger partial charge in [0.2, 0.25) is 5.56 Å². The molecule has 298 valence electrons. The van der Waals surface area contributed by atoms with Crippen molar-refractivity contribution in [2.75, 3.05) is 44.7 Å². The predicted octanol–water partition coefficient (Wildman–Crippen LogP) is 6.86. The van der Waals surface area contributed by atoms with Crippen LogP contribution < -0.4 is 25.8 Å². The van der Waals surface area contributed by atoms with E-state index in [1.165, 1.54) is 19.2 Å². The monoisotopic (exact) mass is 793 g/mol. The number of halogens is 1. The van der Waals surface area contributed by atoms with E-state index in [4.69, 9.17) is 16.3 Å². The van der Waals surface area contributed by atoms with Crippen LogP contribution in [0.15, 0.2) is 89.7 Å². The molecule has 1 atom stereocenters. The number of carbonyl (C=O) groups is 2. The van der Waals surface area contributed by atoms with Crippen molar-refractivity contribution in [3.63, 3.8) is 0 Å². The Hall–Kier alpha value is -5.40. The maximum Gasteiger partial charge on any atom is 0.412 e. The Morgan fingerprint density at radius 2 is 1.74 bits per heavy atom. The summed E-state index contributed by atoms with van der Waals surface area (Å²) in [6.45, 7) is 3.59. The molecular formula is C44H48ClN5O7. The van der Waals surface area contributed by atoms with Gasteiger partial charge in [0.05, 0.1) is 40.5 Å². The molecular weight excluding hydrogens is 746 g/mol. The molecule has 3 fully saturated rings. The van der Waals surface area contributed by atoms with Crippen LogP contribution in [0.4, 0.5) is 10.5 Å². The number of aliphatic hydroxyl groups excluding tert-OH is 1. The first kappa shape index (κ1) is 39.8. The topological polar surface area (TPSA) is 167 Å². The van der Waals surface area contributed by atoms with E-state index in [-0.39, 0.29) is 46.4 Å². The standard InChI is InChI=1S/C44H48ClN5O7/c1-57-39-25-34(35(45)24-30(39)26-46-27-38(52)32-12-14-37(51)41-33(32)13-15-40(53)48-41)42(54)47-19-6-5-7-28-10-11-31(29-8-3-2-4-9-29)36(23-28)50(43(55)56)44-16-20-49(21-17-44)22-18-44/h2-4,8-15,23-25,38,46,51-52H,5-7,16-22,26-27H2,1H3,(H,47,54)(H,48,53)(H,55,56)/t38-/m1/s1. The Bertz CT molecular complexity index is 2290. The van der Waals surface area contributed by atoms with Crippen LogP contribution >= 0.6 is 11.6 Å². The molecule has 3 aliphatic heterocycles. The van der Waals surface area contributed by atoms with Gasteiger partial charge in [-0.15, -0.1) is 0 Å². The number of nitrogens with zero attached hydrogens (tertiary/aromatic N) is 2. The second-order valence-corrected chi connectivity index (χ2v) is 15.3. The van der Waals surface area contributed by atoms with Crippen LogP contribution in [-0.4, -0.2) is 82.6 Å². The van der Waals surface area contributed by atoms with Crippen molar-refractivity contribution in [1.29, 1.82) is 0 Å². The summed E-state index contributed by atoms with van der Waals surface area (Å²) in [5, 5.41) is 38.8. The number of unbranched alkanes of at least 4 members (excludes halogenated alkanes) is 1. The van der Waals surface area contributed by atoms with E-state index in [1.807, 2.05) is 42.5 Å². The van der Waals surface area contributed by atoms with E-state index < -0.39 is 17.7 Å². The lowest BCUT2D eigenvalue weighted by Crippen LogP contribution is -2.62. The first-order valence-corrected chi connectivity index (χ1v) is 19.8. The largest absolute Gasteiger partial charge is 0.506 e. The number of H-pyrrole nitrogens is 1. The minimum absolute atomic E-state index is 0.0841. The second-order valence-electron chi connectivity index (χ2n) is 14.9. The second kappa shape index (κ2) is 17.4. The SMILES string of the molecule is COc1cc(C(=O)NCCCCc2ccc(-c3ccccc3)c(N(C(=O)O)C34CCN(CC3)CC4)c2)c(Cl)cc1CNC[C@@H](O)c1ccc(O)c2[nH]c(=O)ccc12. The van der Waals surface area contributed by atoms with Crippen LogP contribution in [0.1, 0.15) is 65.3 Å². The van der Waals surface area contributed by atoms with Crippen molar-refractivity contribution >= 4 is 40.2 Å². The van der Waals surface area contributed by atoms with Crippen molar-refractivity contribution in [1.82, 2.24) is 20.5 Å². The van der Waals surface area contributed by atoms with Crippen molar-refractivity contribution in [3.8, 4) is 22.6 Å². The first-order chi connectivity index (χ1) is 27.6. The molecule has 5 aromatic rings. The quantitative estimate of drug-likeness (QED) is 0.0621. The van der Waals surface area contributed by atoms with Crippen LogP contribution in [0.3, 0.4) is 0 Å². The molecule has 57 heavy (non-hydrogen) atoms. The number of aryl methyl sites for hydroxylation is 1. The van der Waals surface area contributed by atoms with Gasteiger partial charge < -0.3 is 40.6 Å². The average molecular weight is 794 g/mol. The molecule has 13 heteroatoms. The number of fused-ring (bicyclic) bond motifs is 4. The molecule has 4 heterocycles. The number of aliphatic hydroxyl groups is 1. The summed E-state index contributed by atoms with van der Waals surface area (Å²) in [7, 11) is 1.51. The number of phenols is 1. The Balaban J connectivity index is 0.956. The lowest BCUT2D eigenvalue weighted by Gasteiger charge is -2.53. The van der Waals surface area contributed by atoms with Crippen molar-refractivity contribution < 1.29 is 29.6 Å². The van der Waals surface area contributed by atoms with Gasteiger partial charge in [-0.3, -0.25) is 14.5 Å². The number of carbonyl (C=O) groups excluding carboxylic acids is 1. The molecule has 0 saturated carbocycles. The highest BCUT2D eigenvalue weighted by Gasteiger charge is 2.47. The third-order valence-electron chi connectivity index (χ3n) is 11.4. The molecule has 0 spiro atoms. The number of anilines is 1. The third-order valence-corrected chi connectivity index (χ3v) is 11.8. The Morgan fingerprint density at radius 1 is 0.982 bits per heavy atom. The number of rotatable bonds is 15. The highest BCUT2D eigenvalue weighted by Crippen LogP contribution is 2.44. The van der Waals surface area contributed by atoms with Crippen LogP contribution in [-0.2, 0) is 13.0 Å². The van der Waals surface area contributed by atoms with Gasteiger partial charge in [0.1, 0.15) is 11.5 Å². The maximum atomic E-state index is 13.3. The minimum atomic E-state index is -0.949. The van der Waals surface area contributed by atoms with Gasteiger partial charge in [0, 0.05) is 61.8 Å². The van der Waals surface area contributed by atoms with Gasteiger partial charge in [-0.05, 0) is 85.5 Å². The van der Waals surface area contributed by atoms with E-state index in [1.54, 1.807) is 29.2 Å². The molecule has 8 rings (SSSR count). The molecule has 3 saturated heterocycles. The van der Waals surface area contributed by atoms with Crippen molar-refractivity contribution in [2.24, 2.45) is 0 Å². The normalized spacial score (nSPS) is 18.0. The van der Waals surface area contributed by atoms with Crippen LogP contribution in [0.25, 0.3) is 22.0 Å². The van der Waals surface area contributed by atoms with Gasteiger partial charge in [0.15, 0.2) is 0 Å². The molecule has 0 aliphatic carbocycles. The fourth-order valence-electron chi connectivity index (χ4n) is 8.34. The lowest BCUT2D eigenvalue weighted by atomic mass is 9.78. The van der Waals surface area contributed by atoms with E-state index in [0.29, 0.717) is 35.2 Å².